The van der Waals surface area contributed by atoms with Crippen LogP contribution in [0.25, 0.3) is 22.6 Å². The summed E-state index contributed by atoms with van der Waals surface area (Å²) in [5.74, 6) is 0.927. The van der Waals surface area contributed by atoms with Crippen molar-refractivity contribution in [2.45, 2.75) is 25.6 Å². The van der Waals surface area contributed by atoms with Crippen LogP contribution in [0.5, 0.6) is 5.75 Å². The lowest BCUT2D eigenvalue weighted by Crippen LogP contribution is -2.29. The van der Waals surface area contributed by atoms with Crippen LogP contribution in [0.3, 0.4) is 0 Å². The number of halogens is 5. The first-order valence-corrected chi connectivity index (χ1v) is 9.20. The summed E-state index contributed by atoms with van der Waals surface area (Å²) in [5, 5.41) is -0.383. The van der Waals surface area contributed by atoms with Gasteiger partial charge in [0.1, 0.15) is 22.9 Å². The van der Waals surface area contributed by atoms with Crippen molar-refractivity contribution in [3.63, 3.8) is 0 Å². The van der Waals surface area contributed by atoms with Crippen LogP contribution in [-0.4, -0.2) is 9.97 Å². The van der Waals surface area contributed by atoms with Crippen LogP contribution >= 0.6 is 27.5 Å². The van der Waals surface area contributed by atoms with E-state index in [1.807, 2.05) is 32.0 Å². The van der Waals surface area contributed by atoms with E-state index in [2.05, 4.69) is 25.9 Å². The Balaban J connectivity index is 1.92. The van der Waals surface area contributed by atoms with E-state index in [4.69, 9.17) is 16.3 Å². The first-order chi connectivity index (χ1) is 12.6. The van der Waals surface area contributed by atoms with Crippen LogP contribution in [-0.2, 0) is 11.8 Å². The number of H-pyrrole nitrogens is 1. The van der Waals surface area contributed by atoms with Gasteiger partial charge in [0.25, 0.3) is 0 Å². The average Bonchev–Trinajstić information content (AvgIpc) is 2.99. The maximum Gasteiger partial charge on any atom is 0.417 e. The minimum absolute atomic E-state index is 0.190. The molecule has 0 amide bonds. The summed E-state index contributed by atoms with van der Waals surface area (Å²) in [6.07, 6.45) is -4.54. The van der Waals surface area contributed by atoms with Gasteiger partial charge >= 0.3 is 6.18 Å². The Morgan fingerprint density at radius 1 is 1.15 bits per heavy atom. The first kappa shape index (κ1) is 18.4. The number of hydrogen-bond acceptors (Lipinski definition) is 2. The number of imidazole rings is 1. The Labute approximate surface area is 166 Å². The molecule has 0 spiro atoms. The van der Waals surface area contributed by atoms with Crippen molar-refractivity contribution >= 4 is 27.5 Å². The summed E-state index contributed by atoms with van der Waals surface area (Å²) in [4.78, 5) is 7.68. The molecule has 2 heterocycles. The van der Waals surface area contributed by atoms with Gasteiger partial charge in [-0.15, -0.1) is 0 Å². The molecule has 0 atom stereocenters. The number of hydrogen-bond donors (Lipinski definition) is 1. The third-order valence-corrected chi connectivity index (χ3v) is 5.31. The zero-order chi connectivity index (χ0) is 19.6. The summed E-state index contributed by atoms with van der Waals surface area (Å²) >= 11 is 9.48. The van der Waals surface area contributed by atoms with Crippen LogP contribution in [0.2, 0.25) is 5.02 Å². The largest absolute Gasteiger partial charge is 0.481 e. The van der Waals surface area contributed by atoms with Crippen molar-refractivity contribution in [3.8, 4) is 28.4 Å². The number of nitrogens with zero attached hydrogens (tertiary/aromatic N) is 1. The van der Waals surface area contributed by atoms with Gasteiger partial charge < -0.3 is 9.72 Å². The molecule has 27 heavy (non-hydrogen) atoms. The quantitative estimate of drug-likeness (QED) is 0.436. The van der Waals surface area contributed by atoms with Gasteiger partial charge in [-0.1, -0.05) is 33.6 Å². The van der Waals surface area contributed by atoms with Crippen molar-refractivity contribution < 1.29 is 17.9 Å². The van der Waals surface area contributed by atoms with Crippen molar-refractivity contribution in [1.82, 2.24) is 9.97 Å². The summed E-state index contributed by atoms with van der Waals surface area (Å²) in [5.41, 5.74) is 0.644. The molecule has 1 aromatic heterocycles. The number of nitrogens with one attached hydrogen (secondary N) is 1. The number of aromatic nitrogens is 2. The predicted octanol–water partition coefficient (Wildman–Crippen LogP) is 6.81. The number of rotatable bonds is 1. The molecule has 8 heteroatoms. The van der Waals surface area contributed by atoms with Crippen LogP contribution in [0.15, 0.2) is 40.9 Å². The minimum Gasteiger partial charge on any atom is -0.481 e. The van der Waals surface area contributed by atoms with Crippen molar-refractivity contribution in [2.24, 2.45) is 0 Å². The van der Waals surface area contributed by atoms with Gasteiger partial charge in [-0.3, -0.25) is 0 Å². The van der Waals surface area contributed by atoms with E-state index in [1.54, 1.807) is 0 Å². The van der Waals surface area contributed by atoms with E-state index >= 15 is 0 Å². The third kappa shape index (κ3) is 3.02. The monoisotopic (exact) mass is 456 g/mol. The number of aromatic amines is 1. The minimum atomic E-state index is -4.54. The Bertz CT molecular complexity index is 1060. The topological polar surface area (TPSA) is 37.9 Å². The van der Waals surface area contributed by atoms with Crippen molar-refractivity contribution in [3.05, 3.63) is 57.2 Å². The summed E-state index contributed by atoms with van der Waals surface area (Å²) < 4.78 is 46.5. The fourth-order valence-electron chi connectivity index (χ4n) is 3.18. The van der Waals surface area contributed by atoms with Crippen molar-refractivity contribution in [1.29, 1.82) is 0 Å². The molecule has 1 N–H and O–H groups in total. The fourth-order valence-corrected chi connectivity index (χ4v) is 3.84. The van der Waals surface area contributed by atoms with Gasteiger partial charge in [0, 0.05) is 15.6 Å². The highest BCUT2D eigenvalue weighted by molar-refractivity contribution is 9.10. The first-order valence-electron chi connectivity index (χ1n) is 8.03. The Hall–Kier alpha value is -1.99. The number of fused-ring (bicyclic) bond motifs is 3. The molecule has 0 aliphatic carbocycles. The van der Waals surface area contributed by atoms with Gasteiger partial charge in [-0.05, 0) is 44.2 Å². The van der Waals surface area contributed by atoms with E-state index in [0.29, 0.717) is 17.1 Å². The molecule has 3 nitrogen and oxygen atoms in total. The van der Waals surface area contributed by atoms with Crippen molar-refractivity contribution in [2.75, 3.05) is 0 Å². The van der Waals surface area contributed by atoms with Crippen LogP contribution in [0, 0.1) is 0 Å². The molecule has 1 aliphatic rings. The van der Waals surface area contributed by atoms with E-state index in [0.717, 1.165) is 16.1 Å². The molecule has 3 aromatic rings. The molecule has 0 bridgehead atoms. The van der Waals surface area contributed by atoms with Crippen LogP contribution < -0.4 is 4.74 Å². The molecular weight excluding hydrogens is 445 g/mol. The molecule has 2 aromatic carbocycles. The maximum atomic E-state index is 13.2. The number of ether oxygens (including phenoxy) is 1. The highest BCUT2D eigenvalue weighted by Crippen LogP contribution is 2.46. The van der Waals surface area contributed by atoms with Crippen LogP contribution in [0.4, 0.5) is 13.2 Å². The lowest BCUT2D eigenvalue weighted by molar-refractivity contribution is -0.137. The molecule has 0 saturated heterocycles. The molecule has 0 fully saturated rings. The molecule has 140 valence electrons. The van der Waals surface area contributed by atoms with Gasteiger partial charge in [-0.25, -0.2) is 4.98 Å². The lowest BCUT2D eigenvalue weighted by atomic mass is 9.95. The summed E-state index contributed by atoms with van der Waals surface area (Å²) in [6, 6.07) is 9.36. The summed E-state index contributed by atoms with van der Waals surface area (Å²) in [7, 11) is 0. The van der Waals surface area contributed by atoms with Crippen LogP contribution in [0.1, 0.15) is 25.1 Å². The van der Waals surface area contributed by atoms with Gasteiger partial charge in [0.2, 0.25) is 0 Å². The second kappa shape index (κ2) is 6.01. The molecule has 0 radical (unpaired) electrons. The second-order valence-corrected chi connectivity index (χ2v) is 8.02. The van der Waals surface area contributed by atoms with Gasteiger partial charge in [0.15, 0.2) is 0 Å². The number of benzene rings is 2. The zero-order valence-corrected chi connectivity index (χ0v) is 16.6. The maximum absolute atomic E-state index is 13.2. The van der Waals surface area contributed by atoms with E-state index in [-0.39, 0.29) is 16.4 Å². The SMILES string of the molecule is CC1(C)Oc2cc(Br)ccc2-c2[nH]c(-c3cccc(C(F)(F)F)c3Cl)nc21. The second-order valence-electron chi connectivity index (χ2n) is 6.73. The average molecular weight is 458 g/mol. The Morgan fingerprint density at radius 2 is 1.89 bits per heavy atom. The predicted molar refractivity (Wildman–Crippen MR) is 101 cm³/mol. The zero-order valence-electron chi connectivity index (χ0n) is 14.2. The molecule has 0 saturated carbocycles. The summed E-state index contributed by atoms with van der Waals surface area (Å²) in [6.45, 7) is 3.71. The van der Waals surface area contributed by atoms with E-state index in [1.165, 1.54) is 12.1 Å². The van der Waals surface area contributed by atoms with E-state index < -0.39 is 17.3 Å². The molecule has 4 rings (SSSR count). The Morgan fingerprint density at radius 3 is 2.59 bits per heavy atom. The lowest BCUT2D eigenvalue weighted by Gasteiger charge is -2.31. The van der Waals surface area contributed by atoms with Gasteiger partial charge in [0.05, 0.1) is 16.3 Å². The highest BCUT2D eigenvalue weighted by Gasteiger charge is 2.38. The fraction of sp³-hybridized carbons (Fsp3) is 0.211. The molecule has 0 unspecified atom stereocenters. The third-order valence-electron chi connectivity index (χ3n) is 4.41. The molecular formula is C19H13BrClF3N2O. The standard InChI is InChI=1S/C19H13BrClF3N2O/c1-18(2)16-15(10-7-6-9(20)8-13(10)27-18)25-17(26-16)11-4-3-5-12(14(11)21)19(22,23)24/h3-8H,1-2H3,(H,25,26). The normalized spacial score (nSPS) is 15.1. The highest BCUT2D eigenvalue weighted by atomic mass is 79.9. The Kier molecular flexibility index (Phi) is 4.09. The van der Waals surface area contributed by atoms with Gasteiger partial charge in [-0.2, -0.15) is 13.2 Å². The smallest absolute Gasteiger partial charge is 0.417 e. The van der Waals surface area contributed by atoms with E-state index in [9.17, 15) is 13.2 Å². The number of alkyl halides is 3. The molecule has 1 aliphatic heterocycles.